The smallest absolute Gasteiger partial charge is 0.337 e. The largest absolute Gasteiger partial charge is 0.398 e. The molecule has 2 aliphatic heterocycles. The third kappa shape index (κ3) is 6.10. The monoisotopic (exact) mass is 345 g/mol. The molecule has 2 aliphatic rings. The van der Waals surface area contributed by atoms with Crippen LogP contribution < -0.4 is 0 Å². The SMILES string of the molecule is CC[Si](CCCN(CC1CCCO1)CC1CCCO1)(OC)OC. The molecule has 136 valence electrons. The summed E-state index contributed by atoms with van der Waals surface area (Å²) in [6.07, 6.45) is 6.76. The van der Waals surface area contributed by atoms with Gasteiger partial charge >= 0.3 is 8.56 Å². The highest BCUT2D eigenvalue weighted by Gasteiger charge is 2.33. The van der Waals surface area contributed by atoms with Gasteiger partial charge in [0.05, 0.1) is 12.2 Å². The molecule has 0 radical (unpaired) electrons. The fourth-order valence-corrected chi connectivity index (χ4v) is 5.94. The molecule has 0 amide bonds. The maximum atomic E-state index is 5.84. The Kier molecular flexibility index (Phi) is 8.50. The Morgan fingerprint density at radius 3 is 1.96 bits per heavy atom. The zero-order valence-electron chi connectivity index (χ0n) is 15.2. The van der Waals surface area contributed by atoms with Crippen molar-refractivity contribution in [3.63, 3.8) is 0 Å². The van der Waals surface area contributed by atoms with E-state index in [4.69, 9.17) is 18.3 Å². The average Bonchev–Trinajstić information content (AvgIpc) is 3.26. The first-order chi connectivity index (χ1) is 11.2. The normalized spacial score (nSPS) is 25.6. The second kappa shape index (κ2) is 10.1. The van der Waals surface area contributed by atoms with Crippen molar-refractivity contribution in [2.24, 2.45) is 0 Å². The van der Waals surface area contributed by atoms with E-state index in [1.807, 2.05) is 0 Å². The van der Waals surface area contributed by atoms with E-state index < -0.39 is 8.56 Å². The Morgan fingerprint density at radius 1 is 1.00 bits per heavy atom. The summed E-state index contributed by atoms with van der Waals surface area (Å²) in [5, 5.41) is 0. The first-order valence-electron chi connectivity index (χ1n) is 9.27. The lowest BCUT2D eigenvalue weighted by atomic mass is 10.2. The Balaban J connectivity index is 1.80. The molecule has 2 atom stereocenters. The fourth-order valence-electron chi connectivity index (χ4n) is 3.73. The van der Waals surface area contributed by atoms with Gasteiger partial charge in [-0.25, -0.2) is 0 Å². The molecule has 6 heteroatoms. The predicted octanol–water partition coefficient (Wildman–Crippen LogP) is 2.79. The van der Waals surface area contributed by atoms with E-state index >= 15 is 0 Å². The van der Waals surface area contributed by atoms with E-state index in [0.29, 0.717) is 12.2 Å². The van der Waals surface area contributed by atoms with Gasteiger partial charge in [0, 0.05) is 40.5 Å². The molecule has 2 heterocycles. The van der Waals surface area contributed by atoms with E-state index in [-0.39, 0.29) is 0 Å². The van der Waals surface area contributed by atoms with E-state index in [9.17, 15) is 0 Å². The topological polar surface area (TPSA) is 40.2 Å². The third-order valence-electron chi connectivity index (χ3n) is 5.29. The van der Waals surface area contributed by atoms with Crippen molar-refractivity contribution >= 4 is 8.56 Å². The lowest BCUT2D eigenvalue weighted by Gasteiger charge is -2.30. The Hall–Kier alpha value is 0.0169. The van der Waals surface area contributed by atoms with Gasteiger partial charge < -0.3 is 18.3 Å². The highest BCUT2D eigenvalue weighted by molar-refractivity contribution is 6.67. The Labute approximate surface area is 142 Å². The second-order valence-corrected chi connectivity index (χ2v) is 10.7. The summed E-state index contributed by atoms with van der Waals surface area (Å²) in [6, 6.07) is 2.07. The van der Waals surface area contributed by atoms with Crippen molar-refractivity contribution in [1.29, 1.82) is 0 Å². The predicted molar refractivity (Wildman–Crippen MR) is 94.1 cm³/mol. The van der Waals surface area contributed by atoms with Crippen molar-refractivity contribution < 1.29 is 18.3 Å². The van der Waals surface area contributed by atoms with Crippen molar-refractivity contribution in [1.82, 2.24) is 4.90 Å². The van der Waals surface area contributed by atoms with Gasteiger partial charge in [0.1, 0.15) is 0 Å². The van der Waals surface area contributed by atoms with Gasteiger partial charge in [0.25, 0.3) is 0 Å². The molecule has 2 fully saturated rings. The van der Waals surface area contributed by atoms with Crippen LogP contribution in [-0.4, -0.2) is 72.7 Å². The molecule has 0 aromatic rings. The highest BCUT2D eigenvalue weighted by atomic mass is 28.4. The van der Waals surface area contributed by atoms with Crippen molar-refractivity contribution in [2.75, 3.05) is 47.1 Å². The lowest BCUT2D eigenvalue weighted by molar-refractivity contribution is 0.0374. The van der Waals surface area contributed by atoms with Gasteiger partial charge in [-0.15, -0.1) is 0 Å². The Morgan fingerprint density at radius 2 is 1.57 bits per heavy atom. The van der Waals surface area contributed by atoms with Crippen molar-refractivity contribution in [2.45, 2.75) is 63.3 Å². The van der Waals surface area contributed by atoms with Crippen LogP contribution in [0.25, 0.3) is 0 Å². The summed E-state index contributed by atoms with van der Waals surface area (Å²) in [5.74, 6) is 0. The highest BCUT2D eigenvalue weighted by Crippen LogP contribution is 2.21. The zero-order valence-corrected chi connectivity index (χ0v) is 16.2. The first kappa shape index (κ1) is 19.3. The van der Waals surface area contributed by atoms with Crippen molar-refractivity contribution in [3.8, 4) is 0 Å². The van der Waals surface area contributed by atoms with Crippen LogP contribution in [0.2, 0.25) is 12.1 Å². The molecule has 5 nitrogen and oxygen atoms in total. The molecule has 2 rings (SSSR count). The zero-order chi connectivity index (χ0) is 16.5. The maximum absolute atomic E-state index is 5.84. The van der Waals surface area contributed by atoms with Gasteiger partial charge in [-0.3, -0.25) is 4.90 Å². The number of hydrogen-bond acceptors (Lipinski definition) is 5. The first-order valence-corrected chi connectivity index (χ1v) is 11.5. The maximum Gasteiger partial charge on any atom is 0.337 e. The third-order valence-corrected chi connectivity index (χ3v) is 8.97. The van der Waals surface area contributed by atoms with Crippen molar-refractivity contribution in [3.05, 3.63) is 0 Å². The number of rotatable bonds is 11. The molecule has 0 aromatic heterocycles. The van der Waals surface area contributed by atoms with Crippen LogP contribution in [0, 0.1) is 0 Å². The van der Waals surface area contributed by atoms with Gasteiger partial charge in [-0.2, -0.15) is 0 Å². The minimum Gasteiger partial charge on any atom is -0.398 e. The Bertz CT molecular complexity index is 289. The average molecular weight is 346 g/mol. The molecule has 0 aliphatic carbocycles. The lowest BCUT2D eigenvalue weighted by Crippen LogP contribution is -2.42. The van der Waals surface area contributed by atoms with Crippen LogP contribution in [-0.2, 0) is 18.3 Å². The van der Waals surface area contributed by atoms with Crippen LogP contribution in [0.1, 0.15) is 39.0 Å². The number of hydrogen-bond donors (Lipinski definition) is 0. The summed E-state index contributed by atoms with van der Waals surface area (Å²) in [6.45, 7) is 7.20. The molecule has 0 N–H and O–H groups in total. The number of ether oxygens (including phenoxy) is 2. The summed E-state index contributed by atoms with van der Waals surface area (Å²) in [7, 11) is 1.64. The van der Waals surface area contributed by atoms with Gasteiger partial charge in [0.2, 0.25) is 0 Å². The van der Waals surface area contributed by atoms with Crippen LogP contribution in [0.4, 0.5) is 0 Å². The summed E-state index contributed by atoms with van der Waals surface area (Å²) in [4.78, 5) is 2.55. The van der Waals surface area contributed by atoms with Gasteiger partial charge in [-0.1, -0.05) is 6.92 Å². The summed E-state index contributed by atoms with van der Waals surface area (Å²) >= 11 is 0. The van der Waals surface area contributed by atoms with Crippen LogP contribution in [0.15, 0.2) is 0 Å². The molecule has 0 bridgehead atoms. The second-order valence-electron chi connectivity index (χ2n) is 6.81. The molecular weight excluding hydrogens is 310 g/mol. The van der Waals surface area contributed by atoms with E-state index in [0.717, 1.165) is 51.4 Å². The summed E-state index contributed by atoms with van der Waals surface area (Å²) in [5.41, 5.74) is 0. The minimum absolute atomic E-state index is 0.412. The van der Waals surface area contributed by atoms with Gasteiger partial charge in [-0.05, 0) is 50.7 Å². The summed E-state index contributed by atoms with van der Waals surface area (Å²) < 4.78 is 23.1. The van der Waals surface area contributed by atoms with Crippen LogP contribution in [0.5, 0.6) is 0 Å². The standard InChI is InChI=1S/C17H35NO4Si/c1-4-23(19-2,20-3)13-7-10-18(14-16-8-5-11-21-16)15-17-9-6-12-22-17/h16-17H,4-15H2,1-3H3. The van der Waals surface area contributed by atoms with E-state index in [1.54, 1.807) is 14.2 Å². The van der Waals surface area contributed by atoms with Crippen LogP contribution >= 0.6 is 0 Å². The minimum atomic E-state index is -1.96. The molecule has 0 spiro atoms. The van der Waals surface area contributed by atoms with Gasteiger partial charge in [0.15, 0.2) is 0 Å². The number of nitrogens with zero attached hydrogens (tertiary/aromatic N) is 1. The molecule has 2 unspecified atom stereocenters. The molecular formula is C17H35NO4Si. The molecule has 0 aromatic carbocycles. The fraction of sp³-hybridized carbons (Fsp3) is 1.00. The van der Waals surface area contributed by atoms with Crippen LogP contribution in [0.3, 0.4) is 0 Å². The molecule has 2 saturated heterocycles. The molecule has 23 heavy (non-hydrogen) atoms. The van der Waals surface area contributed by atoms with E-state index in [1.165, 1.54) is 25.7 Å². The molecule has 0 saturated carbocycles. The quantitative estimate of drug-likeness (QED) is 0.539. The van der Waals surface area contributed by atoms with E-state index in [2.05, 4.69) is 11.8 Å².